The van der Waals surface area contributed by atoms with Gasteiger partial charge in [-0.15, -0.1) is 11.8 Å². The molecule has 0 saturated heterocycles. The zero-order valence-corrected chi connectivity index (χ0v) is 24.8. The molecule has 2 aromatic carbocycles. The zero-order chi connectivity index (χ0) is 28.4. The smallest absolute Gasteiger partial charge is 0.309 e. The fourth-order valence-electron chi connectivity index (χ4n) is 4.26. The fourth-order valence-corrected chi connectivity index (χ4v) is 5.57. The summed E-state index contributed by atoms with van der Waals surface area (Å²) >= 11 is 7.90. The van der Waals surface area contributed by atoms with E-state index in [2.05, 4.69) is 42.5 Å². The number of nitrogens with zero attached hydrogens (tertiary/aromatic N) is 2. The Balaban J connectivity index is 1.81. The minimum absolute atomic E-state index is 0.0919. The average Bonchev–Trinajstić information content (AvgIpc) is 3.14. The zero-order valence-electron chi connectivity index (χ0n) is 23.2. The molecule has 0 spiro atoms. The van der Waals surface area contributed by atoms with Gasteiger partial charge < -0.3 is 19.1 Å². The normalized spacial score (nSPS) is 12.1. The lowest BCUT2D eigenvalue weighted by Crippen LogP contribution is -2.28. The van der Waals surface area contributed by atoms with Gasteiger partial charge in [-0.2, -0.15) is 0 Å². The first-order valence-corrected chi connectivity index (χ1v) is 14.0. The van der Waals surface area contributed by atoms with Gasteiger partial charge in [-0.05, 0) is 61.9 Å². The Kier molecular flexibility index (Phi) is 8.52. The highest BCUT2D eigenvalue weighted by molar-refractivity contribution is 8.00. The Hall–Kier alpha value is -3.16. The Morgan fingerprint density at radius 1 is 1.03 bits per heavy atom. The van der Waals surface area contributed by atoms with E-state index in [1.807, 2.05) is 42.5 Å². The van der Waals surface area contributed by atoms with Gasteiger partial charge in [0.2, 0.25) is 0 Å². The molecular weight excluding hydrogens is 532 g/mol. The second kappa shape index (κ2) is 11.5. The molecule has 0 aliphatic rings. The van der Waals surface area contributed by atoms with Gasteiger partial charge in [0, 0.05) is 44.2 Å². The van der Waals surface area contributed by atoms with Crippen molar-refractivity contribution in [3.63, 3.8) is 0 Å². The van der Waals surface area contributed by atoms with Gasteiger partial charge in [0.05, 0.1) is 24.4 Å². The van der Waals surface area contributed by atoms with E-state index in [4.69, 9.17) is 21.1 Å². The molecule has 6 nitrogen and oxygen atoms in total. The first-order valence-electron chi connectivity index (χ1n) is 12.8. The van der Waals surface area contributed by atoms with E-state index in [0.29, 0.717) is 30.3 Å². The lowest BCUT2D eigenvalue weighted by atomic mass is 9.88. The van der Waals surface area contributed by atoms with Crippen LogP contribution in [0.2, 0.25) is 5.02 Å². The van der Waals surface area contributed by atoms with Crippen LogP contribution in [0.5, 0.6) is 11.5 Å². The molecule has 4 rings (SSSR count). The van der Waals surface area contributed by atoms with Crippen LogP contribution in [0.25, 0.3) is 10.9 Å². The van der Waals surface area contributed by atoms with Crippen LogP contribution in [0.1, 0.15) is 51.6 Å². The lowest BCUT2D eigenvalue weighted by molar-refractivity contribution is -0.146. The summed E-state index contributed by atoms with van der Waals surface area (Å²) in [4.78, 5) is 17.7. The van der Waals surface area contributed by atoms with Gasteiger partial charge in [-0.1, -0.05) is 44.5 Å². The van der Waals surface area contributed by atoms with Crippen molar-refractivity contribution in [3.8, 4) is 11.5 Å². The summed E-state index contributed by atoms with van der Waals surface area (Å²) < 4.78 is 13.5. The number of aliphatic carboxylic acids is 1. The van der Waals surface area contributed by atoms with Crippen molar-refractivity contribution in [1.82, 2.24) is 9.55 Å². The van der Waals surface area contributed by atoms with E-state index >= 15 is 0 Å². The fraction of sp³-hybridized carbons (Fsp3) is 0.355. The van der Waals surface area contributed by atoms with Gasteiger partial charge in [-0.25, -0.2) is 0 Å². The van der Waals surface area contributed by atoms with Crippen molar-refractivity contribution < 1.29 is 19.4 Å². The standard InChI is InChI=1S/C31H35ClN2O4S/c1-30(2,3)39-28-25-15-23(38-19-22-11-12-24(37-6)17-33-22)13-14-26(25)34(18-20-7-9-21(32)10-8-20)27(28)16-31(4,5)29(35)36/h7-15,17H,16,18-19H2,1-6H3,(H,35,36). The maximum absolute atomic E-state index is 12.2. The molecule has 0 bridgehead atoms. The molecule has 0 amide bonds. The van der Waals surface area contributed by atoms with Crippen LogP contribution in [-0.2, 0) is 24.4 Å². The van der Waals surface area contributed by atoms with E-state index in [1.165, 1.54) is 0 Å². The van der Waals surface area contributed by atoms with Gasteiger partial charge >= 0.3 is 5.97 Å². The Bertz CT molecular complexity index is 1460. The molecule has 1 N–H and O–H groups in total. The molecule has 0 aliphatic heterocycles. The number of rotatable bonds is 10. The van der Waals surface area contributed by atoms with Crippen LogP contribution in [0.3, 0.4) is 0 Å². The second-order valence-electron chi connectivity index (χ2n) is 11.2. The quantitative estimate of drug-likeness (QED) is 0.197. The van der Waals surface area contributed by atoms with Gasteiger partial charge in [-0.3, -0.25) is 9.78 Å². The number of carbonyl (C=O) groups is 1. The SMILES string of the molecule is COc1ccc(COc2ccc3c(c2)c(SC(C)(C)C)c(CC(C)(C)C(=O)O)n3Cc2ccc(Cl)cc2)nc1. The highest BCUT2D eigenvalue weighted by Crippen LogP contribution is 2.44. The van der Waals surface area contributed by atoms with E-state index < -0.39 is 11.4 Å². The number of halogens is 1. The Labute approximate surface area is 239 Å². The minimum atomic E-state index is -0.946. The maximum atomic E-state index is 12.2. The Morgan fingerprint density at radius 2 is 1.72 bits per heavy atom. The third-order valence-electron chi connectivity index (χ3n) is 6.36. The number of carboxylic acid groups (broad SMARTS) is 1. The maximum Gasteiger partial charge on any atom is 0.309 e. The average molecular weight is 567 g/mol. The molecule has 8 heteroatoms. The number of hydrogen-bond acceptors (Lipinski definition) is 5. The van der Waals surface area contributed by atoms with Crippen LogP contribution in [-0.4, -0.2) is 32.5 Å². The number of ether oxygens (including phenoxy) is 2. The van der Waals surface area contributed by atoms with Gasteiger partial charge in [0.15, 0.2) is 0 Å². The third-order valence-corrected chi connectivity index (χ3v) is 7.89. The predicted molar refractivity (Wildman–Crippen MR) is 158 cm³/mol. The lowest BCUT2D eigenvalue weighted by Gasteiger charge is -2.24. The molecule has 4 aromatic rings. The van der Waals surface area contributed by atoms with Crippen LogP contribution >= 0.6 is 23.4 Å². The van der Waals surface area contributed by atoms with E-state index in [9.17, 15) is 9.90 Å². The van der Waals surface area contributed by atoms with Crippen molar-refractivity contribution in [2.75, 3.05) is 7.11 Å². The van der Waals surface area contributed by atoms with Crippen molar-refractivity contribution in [2.24, 2.45) is 5.41 Å². The van der Waals surface area contributed by atoms with Gasteiger partial charge in [0.25, 0.3) is 0 Å². The topological polar surface area (TPSA) is 73.6 Å². The molecule has 0 atom stereocenters. The summed E-state index contributed by atoms with van der Waals surface area (Å²) in [6, 6.07) is 17.6. The molecule has 2 heterocycles. The number of aromatic nitrogens is 2. The molecule has 2 aromatic heterocycles. The number of fused-ring (bicyclic) bond motifs is 1. The second-order valence-corrected chi connectivity index (χ2v) is 13.5. The molecule has 206 valence electrons. The van der Waals surface area contributed by atoms with Crippen LogP contribution in [0, 0.1) is 5.41 Å². The first kappa shape index (κ1) is 28.8. The molecule has 0 aliphatic carbocycles. The van der Waals surface area contributed by atoms with Crippen LogP contribution in [0.15, 0.2) is 65.7 Å². The Morgan fingerprint density at radius 3 is 2.31 bits per heavy atom. The number of benzene rings is 2. The van der Waals surface area contributed by atoms with Crippen molar-refractivity contribution in [2.45, 2.75) is 63.8 Å². The van der Waals surface area contributed by atoms with Crippen molar-refractivity contribution in [3.05, 3.63) is 82.8 Å². The van der Waals surface area contributed by atoms with Crippen LogP contribution in [0.4, 0.5) is 0 Å². The number of pyridine rings is 1. The largest absolute Gasteiger partial charge is 0.495 e. The van der Waals surface area contributed by atoms with Gasteiger partial charge in [0.1, 0.15) is 18.1 Å². The molecule has 0 saturated carbocycles. The van der Waals surface area contributed by atoms with E-state index in [-0.39, 0.29) is 4.75 Å². The number of hydrogen-bond donors (Lipinski definition) is 1. The van der Waals surface area contributed by atoms with Crippen LogP contribution < -0.4 is 9.47 Å². The summed E-state index contributed by atoms with van der Waals surface area (Å²) in [6.45, 7) is 11.0. The summed E-state index contributed by atoms with van der Waals surface area (Å²) in [5.41, 5.74) is 2.97. The highest BCUT2D eigenvalue weighted by atomic mass is 35.5. The number of carboxylic acids is 1. The number of thioether (sulfide) groups is 1. The summed E-state index contributed by atoms with van der Waals surface area (Å²) in [5.74, 6) is 0.597. The summed E-state index contributed by atoms with van der Waals surface area (Å²) in [5, 5.41) is 11.7. The molecule has 0 radical (unpaired) electrons. The summed E-state index contributed by atoms with van der Waals surface area (Å²) in [7, 11) is 1.61. The highest BCUT2D eigenvalue weighted by Gasteiger charge is 2.32. The molecule has 0 fully saturated rings. The van der Waals surface area contributed by atoms with Crippen molar-refractivity contribution in [1.29, 1.82) is 0 Å². The summed E-state index contributed by atoms with van der Waals surface area (Å²) in [6.07, 6.45) is 2.06. The molecular formula is C31H35ClN2O4S. The van der Waals surface area contributed by atoms with E-state index in [0.717, 1.165) is 38.5 Å². The third kappa shape index (κ3) is 7.08. The minimum Gasteiger partial charge on any atom is -0.495 e. The molecule has 39 heavy (non-hydrogen) atoms. The monoisotopic (exact) mass is 566 g/mol. The first-order chi connectivity index (χ1) is 18.4. The molecule has 0 unspecified atom stereocenters. The van der Waals surface area contributed by atoms with Crippen molar-refractivity contribution >= 4 is 40.2 Å². The number of methoxy groups -OCH3 is 1. The van der Waals surface area contributed by atoms with E-state index in [1.54, 1.807) is 38.9 Å². The predicted octanol–water partition coefficient (Wildman–Crippen LogP) is 7.87.